The first-order valence-corrected chi connectivity index (χ1v) is 5.43. The van der Waals surface area contributed by atoms with Crippen molar-refractivity contribution in [3.63, 3.8) is 0 Å². The number of hydrogen-bond donors (Lipinski definition) is 2. The van der Waals surface area contributed by atoms with Crippen molar-refractivity contribution in [1.82, 2.24) is 5.32 Å². The Morgan fingerprint density at radius 2 is 2.00 bits per heavy atom. The number of carbonyl (C=O) groups is 2. The van der Waals surface area contributed by atoms with Gasteiger partial charge in [-0.25, -0.2) is 0 Å². The number of rotatable bonds is 8. The Bertz CT molecular complexity index is 228. The van der Waals surface area contributed by atoms with Gasteiger partial charge < -0.3 is 15.2 Å². The Labute approximate surface area is 96.2 Å². The van der Waals surface area contributed by atoms with Crippen LogP contribution in [0.4, 0.5) is 0 Å². The van der Waals surface area contributed by atoms with Crippen LogP contribution in [0.25, 0.3) is 0 Å². The van der Waals surface area contributed by atoms with E-state index in [2.05, 4.69) is 10.1 Å². The maximum atomic E-state index is 11.1. The van der Waals surface area contributed by atoms with Crippen molar-refractivity contribution in [2.45, 2.75) is 26.7 Å². The quantitative estimate of drug-likeness (QED) is 0.650. The van der Waals surface area contributed by atoms with E-state index in [4.69, 9.17) is 5.11 Å². The molecule has 0 aromatic rings. The Kier molecular flexibility index (Phi) is 7.54. The molecule has 0 saturated carbocycles. The molecule has 0 spiro atoms. The van der Waals surface area contributed by atoms with Crippen LogP contribution in [0.2, 0.25) is 0 Å². The van der Waals surface area contributed by atoms with Gasteiger partial charge in [0.2, 0.25) is 5.91 Å². The van der Waals surface area contributed by atoms with Crippen LogP contribution < -0.4 is 5.32 Å². The molecule has 0 rings (SSSR count). The van der Waals surface area contributed by atoms with Crippen molar-refractivity contribution in [3.8, 4) is 0 Å². The van der Waals surface area contributed by atoms with Crippen molar-refractivity contribution in [3.05, 3.63) is 0 Å². The van der Waals surface area contributed by atoms with Gasteiger partial charge in [0.05, 0.1) is 0 Å². The van der Waals surface area contributed by atoms with Crippen LogP contribution >= 0.6 is 0 Å². The molecule has 16 heavy (non-hydrogen) atoms. The zero-order valence-electron chi connectivity index (χ0n) is 10.2. The highest BCUT2D eigenvalue weighted by molar-refractivity contribution is 5.77. The Morgan fingerprint density at radius 1 is 1.38 bits per heavy atom. The van der Waals surface area contributed by atoms with Gasteiger partial charge in [0.1, 0.15) is 6.61 Å². The second kappa shape index (κ2) is 8.10. The van der Waals surface area contributed by atoms with Crippen molar-refractivity contribution in [2.75, 3.05) is 20.3 Å². The molecule has 0 bridgehead atoms. The number of nitrogens with one attached hydrogen (secondary N) is 1. The summed E-state index contributed by atoms with van der Waals surface area (Å²) in [4.78, 5) is 21.8. The van der Waals surface area contributed by atoms with Crippen LogP contribution in [0.1, 0.15) is 26.7 Å². The van der Waals surface area contributed by atoms with Gasteiger partial charge >= 0.3 is 5.97 Å². The van der Waals surface area contributed by atoms with E-state index < -0.39 is 5.97 Å². The topological polar surface area (TPSA) is 75.6 Å². The smallest absolute Gasteiger partial charge is 0.303 e. The SMILES string of the molecule is COCC(=O)NC[C@H](CC(=O)O)CC(C)C. The Balaban J connectivity index is 4.00. The molecule has 0 radical (unpaired) electrons. The number of carboxylic acids is 1. The van der Waals surface area contributed by atoms with E-state index in [1.165, 1.54) is 7.11 Å². The van der Waals surface area contributed by atoms with Crippen LogP contribution in [0.15, 0.2) is 0 Å². The number of hydrogen-bond acceptors (Lipinski definition) is 3. The lowest BCUT2D eigenvalue weighted by Crippen LogP contribution is -2.33. The van der Waals surface area contributed by atoms with Crippen LogP contribution in [0.5, 0.6) is 0 Å². The molecule has 2 N–H and O–H groups in total. The zero-order chi connectivity index (χ0) is 12.6. The van der Waals surface area contributed by atoms with E-state index in [0.29, 0.717) is 12.5 Å². The maximum absolute atomic E-state index is 11.1. The normalized spacial score (nSPS) is 12.5. The summed E-state index contributed by atoms with van der Waals surface area (Å²) in [5, 5.41) is 11.4. The number of carboxylic acid groups (broad SMARTS) is 1. The number of ether oxygens (including phenoxy) is 1. The van der Waals surface area contributed by atoms with Crippen LogP contribution in [-0.2, 0) is 14.3 Å². The van der Waals surface area contributed by atoms with Gasteiger partial charge in [-0.05, 0) is 18.3 Å². The predicted octanol–water partition coefficient (Wildman–Crippen LogP) is 0.886. The summed E-state index contributed by atoms with van der Waals surface area (Å²) < 4.78 is 4.67. The molecule has 0 aliphatic rings. The highest BCUT2D eigenvalue weighted by atomic mass is 16.5. The lowest BCUT2D eigenvalue weighted by atomic mass is 9.94. The summed E-state index contributed by atoms with van der Waals surface area (Å²) in [6.07, 6.45) is 0.880. The van der Waals surface area contributed by atoms with Crippen molar-refractivity contribution < 1.29 is 19.4 Å². The summed E-state index contributed by atoms with van der Waals surface area (Å²) in [5.41, 5.74) is 0. The fourth-order valence-corrected chi connectivity index (χ4v) is 1.59. The zero-order valence-corrected chi connectivity index (χ0v) is 10.2. The molecule has 0 aliphatic carbocycles. The number of aliphatic carboxylic acids is 1. The molecule has 0 unspecified atom stereocenters. The van der Waals surface area contributed by atoms with Gasteiger partial charge in [0.25, 0.3) is 0 Å². The molecule has 0 aromatic carbocycles. The summed E-state index contributed by atoms with van der Waals surface area (Å²) in [7, 11) is 1.45. The first-order valence-electron chi connectivity index (χ1n) is 5.43. The van der Waals surface area contributed by atoms with Gasteiger partial charge in [-0.2, -0.15) is 0 Å². The molecule has 5 nitrogen and oxygen atoms in total. The van der Waals surface area contributed by atoms with Gasteiger partial charge in [-0.1, -0.05) is 13.8 Å². The molecular formula is C11H21NO4. The van der Waals surface area contributed by atoms with E-state index in [0.717, 1.165) is 6.42 Å². The van der Waals surface area contributed by atoms with Gasteiger partial charge in [0, 0.05) is 20.1 Å². The summed E-state index contributed by atoms with van der Waals surface area (Å²) in [5.74, 6) is -0.629. The molecular weight excluding hydrogens is 210 g/mol. The molecule has 0 aromatic heterocycles. The van der Waals surface area contributed by atoms with Crippen molar-refractivity contribution in [2.24, 2.45) is 11.8 Å². The van der Waals surface area contributed by atoms with E-state index in [1.54, 1.807) is 0 Å². The highest BCUT2D eigenvalue weighted by Crippen LogP contribution is 2.14. The largest absolute Gasteiger partial charge is 0.481 e. The standard InChI is InChI=1S/C11H21NO4/c1-8(2)4-9(5-11(14)15)6-12-10(13)7-16-3/h8-9H,4-7H2,1-3H3,(H,12,13)(H,14,15)/t9-/m0/s1. The van der Waals surface area contributed by atoms with Gasteiger partial charge in [-0.15, -0.1) is 0 Å². The van der Waals surface area contributed by atoms with E-state index in [-0.39, 0.29) is 24.9 Å². The van der Waals surface area contributed by atoms with E-state index >= 15 is 0 Å². The van der Waals surface area contributed by atoms with Gasteiger partial charge in [0.15, 0.2) is 0 Å². The molecule has 94 valence electrons. The minimum Gasteiger partial charge on any atom is -0.481 e. The summed E-state index contributed by atoms with van der Waals surface area (Å²) in [6, 6.07) is 0. The monoisotopic (exact) mass is 231 g/mol. The van der Waals surface area contributed by atoms with Gasteiger partial charge in [-0.3, -0.25) is 9.59 Å². The summed E-state index contributed by atoms with van der Waals surface area (Å²) >= 11 is 0. The fraction of sp³-hybridized carbons (Fsp3) is 0.818. The van der Waals surface area contributed by atoms with Crippen LogP contribution in [0.3, 0.4) is 0 Å². The molecule has 5 heteroatoms. The third-order valence-electron chi connectivity index (χ3n) is 2.13. The first-order chi connectivity index (χ1) is 7.45. The predicted molar refractivity (Wildman–Crippen MR) is 60.1 cm³/mol. The molecule has 1 amide bonds. The second-order valence-corrected chi connectivity index (χ2v) is 4.33. The molecule has 0 fully saturated rings. The lowest BCUT2D eigenvalue weighted by molar-refractivity contribution is -0.138. The minimum atomic E-state index is -0.827. The highest BCUT2D eigenvalue weighted by Gasteiger charge is 2.15. The number of methoxy groups -OCH3 is 1. The lowest BCUT2D eigenvalue weighted by Gasteiger charge is -2.17. The molecule has 0 heterocycles. The van der Waals surface area contributed by atoms with E-state index in [9.17, 15) is 9.59 Å². The third kappa shape index (κ3) is 8.23. The average Bonchev–Trinajstić information content (AvgIpc) is 2.13. The Hall–Kier alpha value is -1.10. The minimum absolute atomic E-state index is 0.0153. The van der Waals surface area contributed by atoms with E-state index in [1.807, 2.05) is 13.8 Å². The van der Waals surface area contributed by atoms with Crippen LogP contribution in [-0.4, -0.2) is 37.2 Å². The number of amides is 1. The van der Waals surface area contributed by atoms with Crippen molar-refractivity contribution in [1.29, 1.82) is 0 Å². The third-order valence-corrected chi connectivity index (χ3v) is 2.13. The Morgan fingerprint density at radius 3 is 2.44 bits per heavy atom. The fourth-order valence-electron chi connectivity index (χ4n) is 1.59. The first kappa shape index (κ1) is 14.9. The van der Waals surface area contributed by atoms with Crippen molar-refractivity contribution >= 4 is 11.9 Å². The number of carbonyl (C=O) groups excluding carboxylic acids is 1. The molecule has 1 atom stereocenters. The maximum Gasteiger partial charge on any atom is 0.303 e. The molecule has 0 saturated heterocycles. The summed E-state index contributed by atoms with van der Waals surface area (Å²) in [6.45, 7) is 4.48. The van der Waals surface area contributed by atoms with Crippen LogP contribution in [0, 0.1) is 11.8 Å². The average molecular weight is 231 g/mol. The molecule has 0 aliphatic heterocycles. The second-order valence-electron chi connectivity index (χ2n) is 4.33.